The number of benzene rings is 1. The van der Waals surface area contributed by atoms with E-state index in [0.717, 1.165) is 22.6 Å². The van der Waals surface area contributed by atoms with Gasteiger partial charge in [-0.05, 0) is 54.8 Å². The van der Waals surface area contributed by atoms with Crippen LogP contribution in [0, 0.1) is 5.92 Å². The van der Waals surface area contributed by atoms with Crippen molar-refractivity contribution in [3.8, 4) is 11.1 Å². The number of carbonyl (C=O) groups is 2. The second-order valence-corrected chi connectivity index (χ2v) is 8.67. The number of nitrogens with zero attached hydrogens (tertiary/aromatic N) is 2. The summed E-state index contributed by atoms with van der Waals surface area (Å²) in [5.41, 5.74) is 2.60. The molecule has 2 aliphatic rings. The number of carboxylic acids is 1. The van der Waals surface area contributed by atoms with E-state index in [4.69, 9.17) is 0 Å². The summed E-state index contributed by atoms with van der Waals surface area (Å²) in [5, 5.41) is 10.6. The summed E-state index contributed by atoms with van der Waals surface area (Å²) in [5.74, 6) is -1.04. The van der Waals surface area contributed by atoms with Crippen LogP contribution in [0.15, 0.2) is 46.1 Å². The molecule has 1 aromatic heterocycles. The number of aromatic nitrogens is 1. The van der Waals surface area contributed by atoms with E-state index in [-0.39, 0.29) is 36.1 Å². The topological polar surface area (TPSA) is 82.4 Å². The van der Waals surface area contributed by atoms with Crippen LogP contribution in [-0.4, -0.2) is 40.7 Å². The second-order valence-electron chi connectivity index (χ2n) is 7.79. The first-order valence-corrected chi connectivity index (χ1v) is 11.0. The number of amides is 1. The average molecular weight is 412 g/mol. The van der Waals surface area contributed by atoms with Gasteiger partial charge in [0.05, 0.1) is 0 Å². The lowest BCUT2D eigenvalue weighted by Crippen LogP contribution is -2.49. The van der Waals surface area contributed by atoms with E-state index in [1.165, 1.54) is 0 Å². The molecule has 0 radical (unpaired) electrons. The number of hydrogen-bond donors (Lipinski definition) is 0. The van der Waals surface area contributed by atoms with Gasteiger partial charge in [0.1, 0.15) is 0 Å². The highest BCUT2D eigenvalue weighted by Crippen LogP contribution is 2.36. The number of pyridine rings is 1. The summed E-state index contributed by atoms with van der Waals surface area (Å²) in [7, 11) is 0. The molecular weight excluding hydrogens is 388 g/mol. The monoisotopic (exact) mass is 411 g/mol. The van der Waals surface area contributed by atoms with Gasteiger partial charge in [-0.3, -0.25) is 9.59 Å². The van der Waals surface area contributed by atoms with Gasteiger partial charge in [-0.25, -0.2) is 0 Å². The molecule has 2 aromatic rings. The Labute approximate surface area is 173 Å². The number of likely N-dealkylation sites (tertiary alicyclic amines) is 1. The fraction of sp³-hybridized carbons (Fsp3) is 0.409. The van der Waals surface area contributed by atoms with E-state index < -0.39 is 5.97 Å². The molecule has 29 heavy (non-hydrogen) atoms. The van der Waals surface area contributed by atoms with E-state index in [9.17, 15) is 19.5 Å². The number of carbonyl (C=O) groups excluding carboxylic acids is 2. The number of aliphatic carboxylic acids is 1. The highest BCUT2D eigenvalue weighted by Gasteiger charge is 2.36. The van der Waals surface area contributed by atoms with Gasteiger partial charge in [-0.2, -0.15) is 0 Å². The first-order valence-electron chi connectivity index (χ1n) is 9.82. The molecule has 6 nitrogen and oxygen atoms in total. The third kappa shape index (κ3) is 3.96. The summed E-state index contributed by atoms with van der Waals surface area (Å²) in [6.45, 7) is 1.69. The predicted octanol–water partition coefficient (Wildman–Crippen LogP) is 1.71. The van der Waals surface area contributed by atoms with Crippen molar-refractivity contribution in [2.24, 2.45) is 5.92 Å². The zero-order valence-electron chi connectivity index (χ0n) is 16.3. The average Bonchev–Trinajstić information content (AvgIpc) is 2.72. The van der Waals surface area contributed by atoms with Crippen LogP contribution in [0.1, 0.15) is 30.9 Å². The maximum atomic E-state index is 13.2. The molecule has 1 aromatic carbocycles. The minimum atomic E-state index is -1.20. The van der Waals surface area contributed by atoms with Crippen molar-refractivity contribution >= 4 is 23.6 Å². The first kappa shape index (κ1) is 19.8. The SMILES string of the molecule is CSc1ccc(-c2ccc3n(c2=O)C[C@H]2C[C@@H]3CN(C(=O)CCC(=O)[O-])C2)cc1. The lowest BCUT2D eigenvalue weighted by atomic mass is 9.82. The standard InChI is InChI=1S/C22H24N2O4S/c1-29-17-4-2-15(3-5-17)18-6-7-19-16-10-14(12-24(19)22(18)28)11-23(13-16)20(25)8-9-21(26)27/h2-7,14,16H,8-13H2,1H3,(H,26,27)/p-1/t14-,16+/m0/s1. The molecule has 3 heterocycles. The first-order chi connectivity index (χ1) is 14.0. The largest absolute Gasteiger partial charge is 0.550 e. The van der Waals surface area contributed by atoms with Crippen LogP contribution in [0.5, 0.6) is 0 Å². The van der Waals surface area contributed by atoms with Gasteiger partial charge in [0.25, 0.3) is 5.56 Å². The maximum Gasteiger partial charge on any atom is 0.258 e. The molecule has 0 unspecified atom stereocenters. The molecule has 1 amide bonds. The van der Waals surface area contributed by atoms with E-state index in [0.29, 0.717) is 25.2 Å². The van der Waals surface area contributed by atoms with Crippen LogP contribution >= 0.6 is 11.8 Å². The molecule has 1 fully saturated rings. The minimum Gasteiger partial charge on any atom is -0.550 e. The lowest BCUT2D eigenvalue weighted by molar-refractivity contribution is -0.305. The third-order valence-electron chi connectivity index (χ3n) is 5.90. The van der Waals surface area contributed by atoms with Crippen molar-refractivity contribution in [1.29, 1.82) is 0 Å². The zero-order valence-corrected chi connectivity index (χ0v) is 17.1. The van der Waals surface area contributed by atoms with E-state index in [1.54, 1.807) is 16.7 Å². The van der Waals surface area contributed by atoms with Crippen LogP contribution in [-0.2, 0) is 16.1 Å². The Balaban J connectivity index is 1.59. The Morgan fingerprint density at radius 1 is 1.07 bits per heavy atom. The van der Waals surface area contributed by atoms with E-state index in [2.05, 4.69) is 0 Å². The van der Waals surface area contributed by atoms with Crippen molar-refractivity contribution in [3.05, 3.63) is 52.4 Å². The fourth-order valence-electron chi connectivity index (χ4n) is 4.51. The number of carboxylic acid groups (broad SMARTS) is 1. The fourth-order valence-corrected chi connectivity index (χ4v) is 4.92. The van der Waals surface area contributed by atoms with E-state index in [1.807, 2.05) is 47.2 Å². The Morgan fingerprint density at radius 2 is 1.83 bits per heavy atom. The van der Waals surface area contributed by atoms with Crippen molar-refractivity contribution in [1.82, 2.24) is 9.47 Å². The summed E-state index contributed by atoms with van der Waals surface area (Å²) < 4.78 is 1.87. The van der Waals surface area contributed by atoms with Gasteiger partial charge < -0.3 is 19.4 Å². The van der Waals surface area contributed by atoms with Crippen LogP contribution < -0.4 is 10.7 Å². The molecule has 0 spiro atoms. The molecule has 2 atom stereocenters. The third-order valence-corrected chi connectivity index (χ3v) is 6.64. The quantitative estimate of drug-likeness (QED) is 0.700. The van der Waals surface area contributed by atoms with Crippen LogP contribution in [0.2, 0.25) is 0 Å². The van der Waals surface area contributed by atoms with Gasteiger partial charge in [-0.1, -0.05) is 12.1 Å². The minimum absolute atomic E-state index is 0.0193. The molecule has 1 saturated heterocycles. The molecular formula is C22H23N2O4S-. The molecule has 0 saturated carbocycles. The zero-order chi connectivity index (χ0) is 20.5. The van der Waals surface area contributed by atoms with Crippen LogP contribution in [0.3, 0.4) is 0 Å². The van der Waals surface area contributed by atoms with Crippen molar-refractivity contribution in [2.45, 2.75) is 36.6 Å². The number of fused-ring (bicyclic) bond motifs is 4. The van der Waals surface area contributed by atoms with Crippen LogP contribution in [0.4, 0.5) is 0 Å². The molecule has 2 aliphatic heterocycles. The van der Waals surface area contributed by atoms with E-state index >= 15 is 0 Å². The second kappa shape index (κ2) is 8.06. The summed E-state index contributed by atoms with van der Waals surface area (Å²) in [6, 6.07) is 11.9. The number of rotatable bonds is 5. The number of hydrogen-bond acceptors (Lipinski definition) is 5. The van der Waals surface area contributed by atoms with Gasteiger partial charge in [0, 0.05) is 54.1 Å². The molecule has 7 heteroatoms. The predicted molar refractivity (Wildman–Crippen MR) is 110 cm³/mol. The van der Waals surface area contributed by atoms with Gasteiger partial charge >= 0.3 is 0 Å². The number of thioether (sulfide) groups is 1. The summed E-state index contributed by atoms with van der Waals surface area (Å²) in [4.78, 5) is 39.1. The summed E-state index contributed by atoms with van der Waals surface area (Å²) in [6.07, 6.45) is 2.69. The summed E-state index contributed by atoms with van der Waals surface area (Å²) >= 11 is 1.67. The Kier molecular flexibility index (Phi) is 5.50. The molecule has 0 aliphatic carbocycles. The Hall–Kier alpha value is -2.54. The van der Waals surface area contributed by atoms with Gasteiger partial charge in [0.15, 0.2) is 0 Å². The molecule has 0 N–H and O–H groups in total. The molecule has 4 rings (SSSR count). The maximum absolute atomic E-state index is 13.2. The van der Waals surface area contributed by atoms with Crippen LogP contribution in [0.25, 0.3) is 11.1 Å². The van der Waals surface area contributed by atoms with Crippen molar-refractivity contribution < 1.29 is 14.7 Å². The smallest absolute Gasteiger partial charge is 0.258 e. The Bertz CT molecular complexity index is 999. The molecule has 2 bridgehead atoms. The molecule has 152 valence electrons. The van der Waals surface area contributed by atoms with Crippen molar-refractivity contribution in [2.75, 3.05) is 19.3 Å². The highest BCUT2D eigenvalue weighted by molar-refractivity contribution is 7.98. The van der Waals surface area contributed by atoms with Crippen molar-refractivity contribution in [3.63, 3.8) is 0 Å². The normalized spacial score (nSPS) is 20.2. The Morgan fingerprint density at radius 3 is 2.52 bits per heavy atom. The highest BCUT2D eigenvalue weighted by atomic mass is 32.2. The van der Waals surface area contributed by atoms with Gasteiger partial charge in [-0.15, -0.1) is 11.8 Å². The van der Waals surface area contributed by atoms with Gasteiger partial charge in [0.2, 0.25) is 5.91 Å². The lowest BCUT2D eigenvalue weighted by Gasteiger charge is -2.43. The number of piperidine rings is 1.